The Labute approximate surface area is 350 Å². The van der Waals surface area contributed by atoms with Crippen molar-refractivity contribution in [2.45, 2.75) is 0 Å². The molecule has 13 aromatic rings. The van der Waals surface area contributed by atoms with E-state index in [2.05, 4.69) is 206 Å². The summed E-state index contributed by atoms with van der Waals surface area (Å²) in [6, 6.07) is 75.4. The van der Waals surface area contributed by atoms with Gasteiger partial charge in [0, 0.05) is 47.6 Å². The fraction of sp³-hybridized carbons (Fsp3) is 0. The van der Waals surface area contributed by atoms with Crippen LogP contribution in [0.15, 0.2) is 211 Å². The second-order valence-electron chi connectivity index (χ2n) is 15.8. The van der Waals surface area contributed by atoms with Crippen molar-refractivity contribution in [1.82, 2.24) is 0 Å². The van der Waals surface area contributed by atoms with Crippen molar-refractivity contribution >= 4 is 96.5 Å². The molecular formula is C58H34OS. The third kappa shape index (κ3) is 4.74. The Morgan fingerprint density at radius 1 is 0.283 bits per heavy atom. The van der Waals surface area contributed by atoms with Crippen LogP contribution in [0, 0.1) is 0 Å². The van der Waals surface area contributed by atoms with Crippen LogP contribution in [-0.2, 0) is 0 Å². The van der Waals surface area contributed by atoms with Gasteiger partial charge in [-0.05, 0) is 83.0 Å². The number of benzene rings is 11. The first-order chi connectivity index (χ1) is 29.8. The fourth-order valence-electron chi connectivity index (χ4n) is 10.2. The Hall–Kier alpha value is -7.52. The van der Waals surface area contributed by atoms with Crippen LogP contribution in [0.25, 0.3) is 130 Å². The molecule has 13 rings (SSSR count). The highest BCUT2D eigenvalue weighted by Crippen LogP contribution is 2.51. The summed E-state index contributed by atoms with van der Waals surface area (Å²) in [6.07, 6.45) is 0. The van der Waals surface area contributed by atoms with Gasteiger partial charge in [-0.25, -0.2) is 0 Å². The summed E-state index contributed by atoms with van der Waals surface area (Å²) in [7, 11) is 0. The molecule has 278 valence electrons. The zero-order valence-electron chi connectivity index (χ0n) is 32.4. The molecule has 0 aliphatic heterocycles. The van der Waals surface area contributed by atoms with Crippen molar-refractivity contribution < 1.29 is 4.42 Å². The molecule has 0 saturated carbocycles. The fourth-order valence-corrected chi connectivity index (χ4v) is 11.5. The lowest BCUT2D eigenvalue weighted by molar-refractivity contribution is 0.670. The number of hydrogen-bond donors (Lipinski definition) is 0. The molecule has 0 saturated heterocycles. The van der Waals surface area contributed by atoms with Crippen molar-refractivity contribution in [3.63, 3.8) is 0 Å². The number of para-hydroxylation sites is 1. The highest BCUT2D eigenvalue weighted by atomic mass is 32.1. The Morgan fingerprint density at radius 3 is 1.30 bits per heavy atom. The van der Waals surface area contributed by atoms with Gasteiger partial charge >= 0.3 is 0 Å². The van der Waals surface area contributed by atoms with E-state index in [9.17, 15) is 0 Å². The van der Waals surface area contributed by atoms with Gasteiger partial charge in [0.15, 0.2) is 0 Å². The van der Waals surface area contributed by atoms with E-state index in [1.165, 1.54) is 102 Å². The minimum atomic E-state index is 0.886. The Morgan fingerprint density at radius 2 is 0.700 bits per heavy atom. The SMILES string of the molecule is c1ccc(-c2c3ccccc3c(-c3cccc4c3oc3cccc(-c5c6ccccc6c(-c6cccc7c6sc6ccccc67)c6ccccc56)c34)c3ccccc23)cc1. The summed E-state index contributed by atoms with van der Waals surface area (Å²) in [4.78, 5) is 0. The molecule has 0 spiro atoms. The third-order valence-corrected chi connectivity index (χ3v) is 13.9. The third-order valence-electron chi connectivity index (χ3n) is 12.7. The lowest BCUT2D eigenvalue weighted by Gasteiger charge is -2.18. The Bertz CT molecular complexity index is 3770. The monoisotopic (exact) mass is 778 g/mol. The average Bonchev–Trinajstić information content (AvgIpc) is 3.90. The van der Waals surface area contributed by atoms with E-state index < -0.39 is 0 Å². The number of furan rings is 1. The molecular weight excluding hydrogens is 745 g/mol. The first-order valence-electron chi connectivity index (χ1n) is 20.6. The highest BCUT2D eigenvalue weighted by molar-refractivity contribution is 7.26. The van der Waals surface area contributed by atoms with Gasteiger partial charge in [-0.3, -0.25) is 0 Å². The number of fused-ring (bicyclic) bond motifs is 10. The zero-order valence-corrected chi connectivity index (χ0v) is 33.3. The molecule has 0 radical (unpaired) electrons. The molecule has 0 aliphatic rings. The average molecular weight is 779 g/mol. The number of rotatable bonds is 4. The van der Waals surface area contributed by atoms with Gasteiger partial charge in [0.1, 0.15) is 11.2 Å². The number of thiophene rings is 1. The quantitative estimate of drug-likeness (QED) is 0.162. The van der Waals surface area contributed by atoms with Gasteiger partial charge in [0.05, 0.1) is 0 Å². The van der Waals surface area contributed by atoms with E-state index >= 15 is 0 Å². The molecule has 0 amide bonds. The molecule has 0 bridgehead atoms. The van der Waals surface area contributed by atoms with Gasteiger partial charge < -0.3 is 4.42 Å². The minimum absolute atomic E-state index is 0.886. The summed E-state index contributed by atoms with van der Waals surface area (Å²) in [5, 5.41) is 14.7. The molecule has 11 aromatic carbocycles. The van der Waals surface area contributed by atoms with Crippen LogP contribution in [0.5, 0.6) is 0 Å². The van der Waals surface area contributed by atoms with Crippen LogP contribution in [-0.4, -0.2) is 0 Å². The van der Waals surface area contributed by atoms with Crippen LogP contribution >= 0.6 is 11.3 Å². The lowest BCUT2D eigenvalue weighted by Crippen LogP contribution is -1.91. The van der Waals surface area contributed by atoms with Gasteiger partial charge in [-0.15, -0.1) is 11.3 Å². The molecule has 0 aliphatic carbocycles. The largest absolute Gasteiger partial charge is 0.455 e. The summed E-state index contributed by atoms with van der Waals surface area (Å²) >= 11 is 1.89. The molecule has 60 heavy (non-hydrogen) atoms. The van der Waals surface area contributed by atoms with E-state index in [-0.39, 0.29) is 0 Å². The van der Waals surface area contributed by atoms with Crippen LogP contribution in [0.1, 0.15) is 0 Å². The smallest absolute Gasteiger partial charge is 0.143 e. The molecule has 0 atom stereocenters. The highest BCUT2D eigenvalue weighted by Gasteiger charge is 2.24. The first kappa shape index (κ1) is 33.5. The van der Waals surface area contributed by atoms with Gasteiger partial charge in [0.25, 0.3) is 0 Å². The second-order valence-corrected chi connectivity index (χ2v) is 16.8. The van der Waals surface area contributed by atoms with Crippen molar-refractivity contribution in [3.8, 4) is 44.5 Å². The van der Waals surface area contributed by atoms with E-state index in [0.29, 0.717) is 0 Å². The normalized spacial score (nSPS) is 12.0. The summed E-state index contributed by atoms with van der Waals surface area (Å²) in [5.74, 6) is 0. The van der Waals surface area contributed by atoms with Gasteiger partial charge in [-0.2, -0.15) is 0 Å². The van der Waals surface area contributed by atoms with Crippen molar-refractivity contribution in [2.24, 2.45) is 0 Å². The molecule has 2 aromatic heterocycles. The van der Waals surface area contributed by atoms with Crippen LogP contribution in [0.2, 0.25) is 0 Å². The lowest BCUT2D eigenvalue weighted by atomic mass is 9.84. The van der Waals surface area contributed by atoms with E-state index in [0.717, 1.165) is 27.5 Å². The van der Waals surface area contributed by atoms with Gasteiger partial charge in [-0.1, -0.05) is 194 Å². The Balaban J connectivity index is 1.11. The van der Waals surface area contributed by atoms with E-state index in [1.807, 2.05) is 11.3 Å². The minimum Gasteiger partial charge on any atom is -0.455 e. The molecule has 2 heterocycles. The molecule has 0 N–H and O–H groups in total. The zero-order chi connectivity index (χ0) is 39.3. The number of hydrogen-bond acceptors (Lipinski definition) is 2. The van der Waals surface area contributed by atoms with E-state index in [1.54, 1.807) is 0 Å². The molecule has 1 nitrogen and oxygen atoms in total. The molecule has 2 heteroatoms. The van der Waals surface area contributed by atoms with Crippen LogP contribution < -0.4 is 0 Å². The molecule has 0 unspecified atom stereocenters. The van der Waals surface area contributed by atoms with Gasteiger partial charge in [0.2, 0.25) is 0 Å². The summed E-state index contributed by atoms with van der Waals surface area (Å²) < 4.78 is 9.75. The maximum Gasteiger partial charge on any atom is 0.143 e. The Kier molecular flexibility index (Phi) is 7.24. The maximum atomic E-state index is 7.11. The van der Waals surface area contributed by atoms with Crippen molar-refractivity contribution in [3.05, 3.63) is 206 Å². The first-order valence-corrected chi connectivity index (χ1v) is 21.4. The maximum absolute atomic E-state index is 7.11. The van der Waals surface area contributed by atoms with Crippen molar-refractivity contribution in [2.75, 3.05) is 0 Å². The van der Waals surface area contributed by atoms with Crippen molar-refractivity contribution in [1.29, 1.82) is 0 Å². The van der Waals surface area contributed by atoms with Crippen LogP contribution in [0.3, 0.4) is 0 Å². The summed E-state index contributed by atoms with van der Waals surface area (Å²) in [6.45, 7) is 0. The molecule has 0 fully saturated rings. The standard InChI is InChI=1S/C58H34OS/c1-2-17-35(18-3-1)52-37-20-4-6-22-39(37)54(40-23-7-5-21-38(40)52)47-30-15-31-48-56-46(29-16-33-50(56)59-57(47)48)53-41-24-8-10-26-43(41)55(44-27-11-9-25-42(44)53)49-32-14-28-45-36-19-12-13-34-51(36)60-58(45)49/h1-34H. The summed E-state index contributed by atoms with van der Waals surface area (Å²) in [5.41, 5.74) is 11.5. The second kappa shape index (κ2) is 13.0. The van der Waals surface area contributed by atoms with E-state index in [4.69, 9.17) is 4.42 Å². The predicted molar refractivity (Wildman–Crippen MR) is 258 cm³/mol. The topological polar surface area (TPSA) is 13.1 Å². The predicted octanol–water partition coefficient (Wildman–Crippen LogP) is 17.2. The van der Waals surface area contributed by atoms with Crippen LogP contribution in [0.4, 0.5) is 0 Å².